The molecule has 0 atom stereocenters. The number of hydrogen-bond acceptors (Lipinski definition) is 4. The average molecular weight is 489 g/mol. The highest BCUT2D eigenvalue weighted by atomic mass is 19.1. The summed E-state index contributed by atoms with van der Waals surface area (Å²) in [5.74, 6) is -0.551. The second-order valence-electron chi connectivity index (χ2n) is 8.50. The minimum absolute atomic E-state index is 0.248. The van der Waals surface area contributed by atoms with Gasteiger partial charge in [-0.05, 0) is 107 Å². The van der Waals surface area contributed by atoms with Crippen LogP contribution in [0.5, 0.6) is 0 Å². The van der Waals surface area contributed by atoms with Gasteiger partial charge in [0.1, 0.15) is 5.82 Å². The van der Waals surface area contributed by atoms with Crippen molar-refractivity contribution in [3.05, 3.63) is 95.4 Å². The molecule has 36 heavy (non-hydrogen) atoms. The zero-order valence-corrected chi connectivity index (χ0v) is 21.2. The van der Waals surface area contributed by atoms with Gasteiger partial charge in [-0.25, -0.2) is 4.39 Å². The monoisotopic (exact) mass is 488 g/mol. The molecule has 0 saturated heterocycles. The van der Waals surface area contributed by atoms with E-state index in [2.05, 4.69) is 10.6 Å². The van der Waals surface area contributed by atoms with Crippen LogP contribution in [0.2, 0.25) is 0 Å². The number of aryl methyl sites for hydroxylation is 1. The van der Waals surface area contributed by atoms with E-state index in [-0.39, 0.29) is 11.7 Å². The Morgan fingerprint density at radius 3 is 2.28 bits per heavy atom. The Morgan fingerprint density at radius 2 is 1.67 bits per heavy atom. The largest absolute Gasteiger partial charge is 0.322 e. The fourth-order valence-electron chi connectivity index (χ4n) is 3.85. The van der Waals surface area contributed by atoms with Crippen LogP contribution < -0.4 is 20.4 Å². The second-order valence-corrected chi connectivity index (χ2v) is 8.50. The number of benzene rings is 3. The van der Waals surface area contributed by atoms with Crippen LogP contribution in [0.1, 0.15) is 36.2 Å². The molecule has 0 unspecified atom stereocenters. The molecule has 0 bridgehead atoms. The highest BCUT2D eigenvalue weighted by Gasteiger charge is 2.17. The quantitative estimate of drug-likeness (QED) is 0.256. The smallest absolute Gasteiger partial charge is 0.255 e. The van der Waals surface area contributed by atoms with Gasteiger partial charge in [-0.2, -0.15) is 0 Å². The normalized spacial score (nSPS) is 11.2. The number of carbonyl (C=O) groups is 2. The maximum Gasteiger partial charge on any atom is 0.255 e. The van der Waals surface area contributed by atoms with Crippen LogP contribution in [0.3, 0.4) is 0 Å². The molecule has 0 heterocycles. The van der Waals surface area contributed by atoms with Crippen LogP contribution >= 0.6 is 0 Å². The third-order valence-corrected chi connectivity index (χ3v) is 5.98. The van der Waals surface area contributed by atoms with Crippen LogP contribution in [0, 0.1) is 12.7 Å². The van der Waals surface area contributed by atoms with E-state index in [4.69, 9.17) is 0 Å². The van der Waals surface area contributed by atoms with E-state index in [1.165, 1.54) is 12.1 Å². The second kappa shape index (κ2) is 12.7. The third-order valence-electron chi connectivity index (χ3n) is 5.98. The molecule has 3 aromatic carbocycles. The fourth-order valence-corrected chi connectivity index (χ4v) is 3.85. The molecule has 0 saturated carbocycles. The molecule has 7 heteroatoms. The minimum atomic E-state index is -0.304. The van der Waals surface area contributed by atoms with Gasteiger partial charge in [0.2, 0.25) is 6.41 Å². The molecule has 0 aliphatic heterocycles. The number of nitrogens with one attached hydrogen (secondary N) is 2. The number of amides is 2. The minimum Gasteiger partial charge on any atom is -0.322 e. The zero-order chi connectivity index (χ0) is 26.1. The molecule has 2 N–H and O–H groups in total. The summed E-state index contributed by atoms with van der Waals surface area (Å²) in [6.45, 7) is 7.32. The Kier molecular flexibility index (Phi) is 9.36. The summed E-state index contributed by atoms with van der Waals surface area (Å²) in [5, 5.41) is 6.00. The third kappa shape index (κ3) is 6.58. The van der Waals surface area contributed by atoms with Crippen LogP contribution in [0.25, 0.3) is 0 Å². The first kappa shape index (κ1) is 26.6. The van der Waals surface area contributed by atoms with E-state index in [1.54, 1.807) is 35.2 Å². The van der Waals surface area contributed by atoms with Crippen LogP contribution in [-0.2, 0) is 4.79 Å². The molecule has 0 aromatic heterocycles. The summed E-state index contributed by atoms with van der Waals surface area (Å²) in [4.78, 5) is 28.2. The maximum absolute atomic E-state index is 13.5. The van der Waals surface area contributed by atoms with Crippen molar-refractivity contribution in [1.29, 1.82) is 0 Å². The molecular weight excluding hydrogens is 455 g/mol. The fraction of sp³-hybridized carbons (Fsp3) is 0.241. The lowest BCUT2D eigenvalue weighted by molar-refractivity contribution is -0.107. The summed E-state index contributed by atoms with van der Waals surface area (Å²) >= 11 is 0. The first-order valence-corrected chi connectivity index (χ1v) is 11.9. The van der Waals surface area contributed by atoms with Crippen molar-refractivity contribution in [1.82, 2.24) is 5.32 Å². The molecule has 3 rings (SSSR count). The Bertz CT molecular complexity index is 1210. The number of rotatable bonds is 11. The lowest BCUT2D eigenvalue weighted by atomic mass is 10.1. The average Bonchev–Trinajstić information content (AvgIpc) is 2.89. The Labute approximate surface area is 212 Å². The molecule has 188 valence electrons. The molecule has 6 nitrogen and oxygen atoms in total. The first-order chi connectivity index (χ1) is 17.4. The van der Waals surface area contributed by atoms with Crippen molar-refractivity contribution >= 4 is 35.1 Å². The molecular formula is C29H33FN4O2. The van der Waals surface area contributed by atoms with Gasteiger partial charge < -0.3 is 20.4 Å². The summed E-state index contributed by atoms with van der Waals surface area (Å²) in [5.41, 5.74) is 5.47. The van der Waals surface area contributed by atoms with Gasteiger partial charge in [0.05, 0.1) is 0 Å². The Balaban J connectivity index is 1.82. The summed E-state index contributed by atoms with van der Waals surface area (Å²) < 4.78 is 13.5. The van der Waals surface area contributed by atoms with E-state index in [9.17, 15) is 14.0 Å². The SMILES string of the molecule is C/C=C(/C)N(c1ccc(F)cc1)c1cc(C(=O)Nc2ccc(N(C=O)CCCNC)cc2)ccc1C. The Hall–Kier alpha value is -3.97. The van der Waals surface area contributed by atoms with E-state index < -0.39 is 0 Å². The highest BCUT2D eigenvalue weighted by Crippen LogP contribution is 2.33. The van der Waals surface area contributed by atoms with Crippen molar-refractivity contribution in [3.63, 3.8) is 0 Å². The van der Waals surface area contributed by atoms with Gasteiger partial charge in [-0.3, -0.25) is 9.59 Å². The summed E-state index contributed by atoms with van der Waals surface area (Å²) in [6.07, 6.45) is 3.63. The van der Waals surface area contributed by atoms with E-state index in [1.807, 2.05) is 63.1 Å². The molecule has 2 amide bonds. The standard InChI is InChI=1S/C29H33FN4O2/c1-5-22(3)34(27-13-9-24(30)10-14-27)28-19-23(8-7-21(28)2)29(36)32-25-11-15-26(16-12-25)33(20-35)18-6-17-31-4/h5,7-16,19-20,31H,6,17-18H2,1-4H3,(H,32,36)/b22-5-. The number of hydrogen-bond donors (Lipinski definition) is 2. The number of allylic oxidation sites excluding steroid dienone is 2. The molecule has 0 aliphatic rings. The molecule has 0 spiro atoms. The van der Waals surface area contributed by atoms with Gasteiger partial charge in [0, 0.05) is 40.6 Å². The van der Waals surface area contributed by atoms with Crippen molar-refractivity contribution in [3.8, 4) is 0 Å². The predicted octanol–water partition coefficient (Wildman–Crippen LogP) is 6.02. The topological polar surface area (TPSA) is 64.7 Å². The lowest BCUT2D eigenvalue weighted by Crippen LogP contribution is -2.25. The zero-order valence-electron chi connectivity index (χ0n) is 21.2. The number of nitrogens with zero attached hydrogens (tertiary/aromatic N) is 2. The maximum atomic E-state index is 13.5. The van der Waals surface area contributed by atoms with Crippen LogP contribution in [0.15, 0.2) is 78.5 Å². The summed E-state index contributed by atoms with van der Waals surface area (Å²) in [7, 11) is 1.88. The van der Waals surface area contributed by atoms with Crippen molar-refractivity contribution in [2.75, 3.05) is 35.3 Å². The van der Waals surface area contributed by atoms with Gasteiger partial charge in [0.15, 0.2) is 0 Å². The molecule has 0 aliphatic carbocycles. The van der Waals surface area contributed by atoms with Crippen molar-refractivity contribution in [2.45, 2.75) is 27.2 Å². The van der Waals surface area contributed by atoms with Gasteiger partial charge >= 0.3 is 0 Å². The first-order valence-electron chi connectivity index (χ1n) is 11.9. The van der Waals surface area contributed by atoms with E-state index >= 15 is 0 Å². The van der Waals surface area contributed by atoms with E-state index in [0.29, 0.717) is 17.8 Å². The molecule has 3 aromatic rings. The van der Waals surface area contributed by atoms with Gasteiger partial charge in [-0.15, -0.1) is 0 Å². The van der Waals surface area contributed by atoms with Crippen LogP contribution in [-0.4, -0.2) is 32.5 Å². The van der Waals surface area contributed by atoms with Gasteiger partial charge in [0.25, 0.3) is 5.91 Å². The van der Waals surface area contributed by atoms with Crippen molar-refractivity contribution < 1.29 is 14.0 Å². The van der Waals surface area contributed by atoms with E-state index in [0.717, 1.165) is 47.7 Å². The van der Waals surface area contributed by atoms with Crippen LogP contribution in [0.4, 0.5) is 27.1 Å². The molecule has 0 radical (unpaired) electrons. The van der Waals surface area contributed by atoms with Gasteiger partial charge in [-0.1, -0.05) is 12.1 Å². The number of anilines is 4. The number of halogens is 1. The highest BCUT2D eigenvalue weighted by molar-refractivity contribution is 6.05. The van der Waals surface area contributed by atoms with Crippen molar-refractivity contribution in [2.24, 2.45) is 0 Å². The number of carbonyl (C=O) groups excluding carboxylic acids is 2. The predicted molar refractivity (Wildman–Crippen MR) is 145 cm³/mol. The Morgan fingerprint density at radius 1 is 1.00 bits per heavy atom. The molecule has 0 fully saturated rings. The summed E-state index contributed by atoms with van der Waals surface area (Å²) in [6, 6.07) is 19.0. The lowest BCUT2D eigenvalue weighted by Gasteiger charge is -2.28.